The van der Waals surface area contributed by atoms with Gasteiger partial charge in [-0.3, -0.25) is 0 Å². The second kappa shape index (κ2) is 12.7. The number of aromatic nitrogens is 1. The Balaban J connectivity index is 1.94. The van der Waals surface area contributed by atoms with Gasteiger partial charge in [0.25, 0.3) is 0 Å². The minimum absolute atomic E-state index is 0.0488. The van der Waals surface area contributed by atoms with Gasteiger partial charge in [-0.2, -0.15) is 13.2 Å². The molecule has 1 aromatic heterocycles. The van der Waals surface area contributed by atoms with Crippen LogP contribution < -0.4 is 10.5 Å². The molecular formula is C30H25F6N3O5S. The fourth-order valence-electron chi connectivity index (χ4n) is 4.11. The summed E-state index contributed by atoms with van der Waals surface area (Å²) in [5, 5.41) is 0. The fraction of sp³-hybridized carbons (Fsp3) is 0.200. The predicted molar refractivity (Wildman–Crippen MR) is 154 cm³/mol. The van der Waals surface area contributed by atoms with Gasteiger partial charge in [0.15, 0.2) is 21.5 Å². The molecule has 3 aromatic carbocycles. The monoisotopic (exact) mass is 653 g/mol. The van der Waals surface area contributed by atoms with E-state index in [4.69, 9.17) is 14.9 Å². The summed E-state index contributed by atoms with van der Waals surface area (Å²) in [5.74, 6) is -0.678. The maximum absolute atomic E-state index is 13.2. The summed E-state index contributed by atoms with van der Waals surface area (Å²) < 4.78 is 117. The number of aryl methyl sites for hydroxylation is 1. The van der Waals surface area contributed by atoms with E-state index >= 15 is 0 Å². The van der Waals surface area contributed by atoms with E-state index in [1.807, 2.05) is 0 Å². The quantitative estimate of drug-likeness (QED) is 0.117. The van der Waals surface area contributed by atoms with Crippen molar-refractivity contribution in [2.45, 2.75) is 31.3 Å². The fourth-order valence-corrected chi connectivity index (χ4v) is 4.78. The van der Waals surface area contributed by atoms with Crippen LogP contribution in [-0.4, -0.2) is 44.7 Å². The summed E-state index contributed by atoms with van der Waals surface area (Å²) in [5.41, 5.74) is 5.44. The highest BCUT2D eigenvalue weighted by Gasteiger charge is 2.32. The molecule has 0 saturated heterocycles. The van der Waals surface area contributed by atoms with Crippen LogP contribution in [0.25, 0.3) is 33.7 Å². The van der Waals surface area contributed by atoms with Gasteiger partial charge in [0.05, 0.1) is 17.2 Å². The molecule has 0 bridgehead atoms. The molecule has 0 fully saturated rings. The van der Waals surface area contributed by atoms with Crippen molar-refractivity contribution in [2.24, 2.45) is 10.7 Å². The van der Waals surface area contributed by atoms with Crippen LogP contribution in [0.2, 0.25) is 0 Å². The van der Waals surface area contributed by atoms with E-state index < -0.39 is 39.7 Å². The molecule has 0 aliphatic heterocycles. The SMILES string of the molecule is CCOC(C=C(N)C(F)(F)F)=Nc1ccc(-c2cccc(S(C)(=O)=O)c2)cc1-c1nc(C)oc1-c1ccc(OC(F)(F)F)cc1. The Labute approximate surface area is 253 Å². The number of oxazole rings is 1. The maximum atomic E-state index is 13.2. The van der Waals surface area contributed by atoms with Gasteiger partial charge >= 0.3 is 12.5 Å². The number of aliphatic imine (C=N–C) groups is 1. The molecule has 0 unspecified atom stereocenters. The van der Waals surface area contributed by atoms with E-state index in [1.165, 1.54) is 44.2 Å². The van der Waals surface area contributed by atoms with Gasteiger partial charge in [-0.05, 0) is 66.6 Å². The Morgan fingerprint density at radius 1 is 0.978 bits per heavy atom. The van der Waals surface area contributed by atoms with Crippen molar-refractivity contribution in [2.75, 3.05) is 12.9 Å². The lowest BCUT2D eigenvalue weighted by molar-refractivity contribution is -0.274. The first-order valence-corrected chi connectivity index (χ1v) is 14.9. The Bertz CT molecular complexity index is 1860. The van der Waals surface area contributed by atoms with Gasteiger partial charge in [0, 0.05) is 30.4 Å². The molecule has 45 heavy (non-hydrogen) atoms. The van der Waals surface area contributed by atoms with E-state index in [9.17, 15) is 34.8 Å². The number of ether oxygens (including phenoxy) is 2. The number of hydrogen-bond acceptors (Lipinski definition) is 8. The predicted octanol–water partition coefficient (Wildman–Crippen LogP) is 7.76. The topological polar surface area (TPSA) is 117 Å². The van der Waals surface area contributed by atoms with Crippen molar-refractivity contribution in [3.63, 3.8) is 0 Å². The van der Waals surface area contributed by atoms with Gasteiger partial charge < -0.3 is 19.6 Å². The third kappa shape index (κ3) is 8.44. The molecule has 15 heteroatoms. The van der Waals surface area contributed by atoms with Crippen LogP contribution in [0.1, 0.15) is 12.8 Å². The van der Waals surface area contributed by atoms with E-state index in [-0.39, 0.29) is 40.1 Å². The summed E-state index contributed by atoms with van der Waals surface area (Å²) in [6, 6.07) is 15.5. The summed E-state index contributed by atoms with van der Waals surface area (Å²) in [4.78, 5) is 8.77. The molecule has 8 nitrogen and oxygen atoms in total. The lowest BCUT2D eigenvalue weighted by Crippen LogP contribution is -2.21. The van der Waals surface area contributed by atoms with Crippen LogP contribution in [-0.2, 0) is 14.6 Å². The van der Waals surface area contributed by atoms with E-state index in [0.717, 1.165) is 18.4 Å². The third-order valence-corrected chi connectivity index (χ3v) is 7.17. The van der Waals surface area contributed by atoms with Crippen molar-refractivity contribution in [1.29, 1.82) is 0 Å². The molecule has 4 rings (SSSR count). The highest BCUT2D eigenvalue weighted by molar-refractivity contribution is 7.90. The molecule has 0 aliphatic rings. The van der Waals surface area contributed by atoms with Crippen LogP contribution in [0.15, 0.2) is 92.8 Å². The van der Waals surface area contributed by atoms with Crippen molar-refractivity contribution >= 4 is 21.4 Å². The van der Waals surface area contributed by atoms with Crippen LogP contribution in [0.4, 0.5) is 32.0 Å². The number of alkyl halides is 6. The van der Waals surface area contributed by atoms with E-state index in [2.05, 4.69) is 14.7 Å². The number of benzene rings is 3. The normalized spacial score (nSPS) is 13.2. The first-order valence-electron chi connectivity index (χ1n) is 13.0. The van der Waals surface area contributed by atoms with Crippen LogP contribution in [0, 0.1) is 6.92 Å². The van der Waals surface area contributed by atoms with Crippen molar-refractivity contribution in [3.05, 3.63) is 84.4 Å². The number of allylic oxidation sites excluding steroid dienone is 1. The van der Waals surface area contributed by atoms with Gasteiger partial charge in [0.1, 0.15) is 17.1 Å². The zero-order valence-corrected chi connectivity index (χ0v) is 24.6. The molecular weight excluding hydrogens is 628 g/mol. The molecule has 2 N–H and O–H groups in total. The molecule has 4 aromatic rings. The summed E-state index contributed by atoms with van der Waals surface area (Å²) in [6.07, 6.45) is -8.17. The average Bonchev–Trinajstić information content (AvgIpc) is 3.33. The number of nitrogens with two attached hydrogens (primary N) is 1. The van der Waals surface area contributed by atoms with E-state index in [1.54, 1.807) is 24.3 Å². The molecule has 0 radical (unpaired) electrons. The zero-order valence-electron chi connectivity index (χ0n) is 23.8. The third-order valence-electron chi connectivity index (χ3n) is 6.06. The molecule has 0 amide bonds. The van der Waals surface area contributed by atoms with Crippen LogP contribution in [0.5, 0.6) is 5.75 Å². The largest absolute Gasteiger partial charge is 0.573 e. The number of hydrogen-bond donors (Lipinski definition) is 1. The molecule has 0 saturated carbocycles. The lowest BCUT2D eigenvalue weighted by atomic mass is 9.98. The highest BCUT2D eigenvalue weighted by atomic mass is 32.2. The number of halogens is 6. The molecule has 0 aliphatic carbocycles. The lowest BCUT2D eigenvalue weighted by Gasteiger charge is -2.12. The standard InChI is InChI=1S/C30H25F6N3O5S/c1-4-42-26(16-25(37)29(31,32)33)39-24-13-10-20(19-6-5-7-22(14-19)45(3,40)41)15-23(24)27-28(43-17(2)38-27)18-8-11-21(12-9-18)44-30(34,35)36/h5-16H,4,37H2,1-3H3. The molecule has 0 atom stereocenters. The highest BCUT2D eigenvalue weighted by Crippen LogP contribution is 2.41. The first-order chi connectivity index (χ1) is 20.9. The summed E-state index contributed by atoms with van der Waals surface area (Å²) in [7, 11) is -3.56. The van der Waals surface area contributed by atoms with Crippen LogP contribution >= 0.6 is 0 Å². The van der Waals surface area contributed by atoms with E-state index in [0.29, 0.717) is 22.8 Å². The van der Waals surface area contributed by atoms with Gasteiger partial charge in [-0.15, -0.1) is 13.2 Å². The summed E-state index contributed by atoms with van der Waals surface area (Å²) >= 11 is 0. The average molecular weight is 654 g/mol. The van der Waals surface area contributed by atoms with Crippen molar-refractivity contribution < 1.29 is 48.7 Å². The zero-order chi connectivity index (χ0) is 33.2. The number of rotatable bonds is 8. The number of sulfone groups is 1. The Morgan fingerprint density at radius 3 is 2.22 bits per heavy atom. The smallest absolute Gasteiger partial charge is 0.478 e. The second-order valence-electron chi connectivity index (χ2n) is 9.50. The first kappa shape index (κ1) is 33.1. The van der Waals surface area contributed by atoms with Crippen molar-refractivity contribution in [3.8, 4) is 39.5 Å². The summed E-state index contributed by atoms with van der Waals surface area (Å²) in [6.45, 7) is 3.01. The van der Waals surface area contributed by atoms with Gasteiger partial charge in [0.2, 0.25) is 5.90 Å². The van der Waals surface area contributed by atoms with Gasteiger partial charge in [-0.1, -0.05) is 18.2 Å². The minimum atomic E-state index is -4.90. The Kier molecular flexibility index (Phi) is 9.32. The minimum Gasteiger partial charge on any atom is -0.478 e. The molecule has 238 valence electrons. The van der Waals surface area contributed by atoms with Crippen molar-refractivity contribution in [1.82, 2.24) is 4.98 Å². The maximum Gasteiger partial charge on any atom is 0.573 e. The Hall–Kier alpha value is -4.79. The van der Waals surface area contributed by atoms with Gasteiger partial charge in [-0.25, -0.2) is 18.4 Å². The van der Waals surface area contributed by atoms with Crippen LogP contribution in [0.3, 0.4) is 0 Å². The Morgan fingerprint density at radius 2 is 1.62 bits per heavy atom. The second-order valence-corrected chi connectivity index (χ2v) is 11.5. The molecule has 0 spiro atoms. The number of nitrogens with zero attached hydrogens (tertiary/aromatic N) is 2. The molecule has 1 heterocycles.